The number of anilines is 2. The molecule has 9 heteroatoms. The number of carbonyl (C=O) groups is 1. The highest BCUT2D eigenvalue weighted by Gasteiger charge is 2.31. The van der Waals surface area contributed by atoms with Crippen LogP contribution in [-0.4, -0.2) is 20.9 Å². The first kappa shape index (κ1) is 21.9. The van der Waals surface area contributed by atoms with Gasteiger partial charge in [-0.1, -0.05) is 36.4 Å². The minimum atomic E-state index is -4.64. The van der Waals surface area contributed by atoms with Crippen molar-refractivity contribution >= 4 is 27.3 Å². The fraction of sp³-hybridized carbons (Fsp3) is 0.174. The van der Waals surface area contributed by atoms with Gasteiger partial charge in [-0.2, -0.15) is 13.2 Å². The largest absolute Gasteiger partial charge is 0.416 e. The summed E-state index contributed by atoms with van der Waals surface area (Å²) in [5, 5.41) is 0. The van der Waals surface area contributed by atoms with Crippen molar-refractivity contribution in [3.05, 3.63) is 89.5 Å². The second-order valence-electron chi connectivity index (χ2n) is 7.43. The van der Waals surface area contributed by atoms with E-state index in [0.29, 0.717) is 18.2 Å². The van der Waals surface area contributed by atoms with Crippen molar-refractivity contribution in [2.24, 2.45) is 0 Å². The third-order valence-corrected chi connectivity index (χ3v) is 6.60. The zero-order valence-electron chi connectivity index (χ0n) is 16.8. The van der Waals surface area contributed by atoms with Gasteiger partial charge in [0.1, 0.15) is 0 Å². The molecule has 1 amide bonds. The molecule has 4 rings (SSSR count). The molecule has 0 fully saturated rings. The fourth-order valence-electron chi connectivity index (χ4n) is 3.61. The molecule has 0 radical (unpaired) electrons. The highest BCUT2D eigenvalue weighted by molar-refractivity contribution is 7.92. The summed E-state index contributed by atoms with van der Waals surface area (Å²) in [5.41, 5.74) is 1.87. The summed E-state index contributed by atoms with van der Waals surface area (Å²) in [6.07, 6.45) is -3.69. The molecule has 3 aromatic carbocycles. The van der Waals surface area contributed by atoms with E-state index < -0.39 is 26.7 Å². The molecule has 0 unspecified atom stereocenters. The molecule has 5 nitrogen and oxygen atoms in total. The topological polar surface area (TPSA) is 66.5 Å². The van der Waals surface area contributed by atoms with Gasteiger partial charge in [-0.05, 0) is 53.9 Å². The fourth-order valence-corrected chi connectivity index (χ4v) is 4.72. The summed E-state index contributed by atoms with van der Waals surface area (Å²) >= 11 is 0. The number of fused-ring (bicyclic) bond motifs is 1. The predicted molar refractivity (Wildman–Crippen MR) is 115 cm³/mol. The van der Waals surface area contributed by atoms with E-state index in [9.17, 15) is 26.4 Å². The summed E-state index contributed by atoms with van der Waals surface area (Å²) in [6.45, 7) is 0.618. The van der Waals surface area contributed by atoms with Gasteiger partial charge in [-0.25, -0.2) is 8.42 Å². The molecule has 166 valence electrons. The number of nitrogens with zero attached hydrogens (tertiary/aromatic N) is 1. The third-order valence-electron chi connectivity index (χ3n) is 5.22. The van der Waals surface area contributed by atoms with Crippen LogP contribution in [0.2, 0.25) is 0 Å². The van der Waals surface area contributed by atoms with Crippen LogP contribution >= 0.6 is 0 Å². The standard InChI is InChI=1S/C23H19F3N2O3S/c24-23(25,26)18-5-3-6-20(15-18)32(30,31)27-19-10-8-16(9-11-19)14-22(29)28-13-12-17-4-1-2-7-21(17)28/h1-11,15,27H,12-14H2. The van der Waals surface area contributed by atoms with Crippen LogP contribution in [0.3, 0.4) is 0 Å². The molecule has 0 aromatic heterocycles. The summed E-state index contributed by atoms with van der Waals surface area (Å²) in [6, 6.07) is 17.4. The van der Waals surface area contributed by atoms with Crippen molar-refractivity contribution in [2.45, 2.75) is 23.9 Å². The van der Waals surface area contributed by atoms with E-state index in [0.717, 1.165) is 35.9 Å². The maximum Gasteiger partial charge on any atom is 0.416 e. The first-order chi connectivity index (χ1) is 15.1. The van der Waals surface area contributed by atoms with Crippen molar-refractivity contribution in [1.82, 2.24) is 0 Å². The molecule has 1 N–H and O–H groups in total. The van der Waals surface area contributed by atoms with Crippen LogP contribution in [0.5, 0.6) is 0 Å². The molecular formula is C23H19F3N2O3S. The highest BCUT2D eigenvalue weighted by atomic mass is 32.2. The summed E-state index contributed by atoms with van der Waals surface area (Å²) in [7, 11) is -4.20. The van der Waals surface area contributed by atoms with Crippen molar-refractivity contribution < 1.29 is 26.4 Å². The number of sulfonamides is 1. The van der Waals surface area contributed by atoms with Gasteiger partial charge in [0.15, 0.2) is 0 Å². The molecule has 0 saturated carbocycles. The molecule has 3 aromatic rings. The van der Waals surface area contributed by atoms with Crippen LogP contribution in [0.25, 0.3) is 0 Å². The third kappa shape index (κ3) is 4.62. The van der Waals surface area contributed by atoms with E-state index in [-0.39, 0.29) is 18.0 Å². The van der Waals surface area contributed by atoms with Crippen LogP contribution in [0.1, 0.15) is 16.7 Å². The average molecular weight is 460 g/mol. The van der Waals surface area contributed by atoms with Crippen molar-refractivity contribution in [1.29, 1.82) is 0 Å². The number of amides is 1. The molecule has 0 atom stereocenters. The Labute approximate surface area is 183 Å². The molecule has 1 aliphatic rings. The smallest absolute Gasteiger partial charge is 0.312 e. The lowest BCUT2D eigenvalue weighted by Crippen LogP contribution is -2.30. The van der Waals surface area contributed by atoms with Crippen molar-refractivity contribution in [3.63, 3.8) is 0 Å². The minimum Gasteiger partial charge on any atom is -0.312 e. The zero-order chi connectivity index (χ0) is 22.9. The number of carbonyl (C=O) groups excluding carboxylic acids is 1. The van der Waals surface area contributed by atoms with Gasteiger partial charge < -0.3 is 4.90 Å². The first-order valence-corrected chi connectivity index (χ1v) is 11.3. The second kappa shape index (κ2) is 8.31. The molecule has 1 aliphatic heterocycles. The lowest BCUT2D eigenvalue weighted by atomic mass is 10.1. The van der Waals surface area contributed by atoms with Gasteiger partial charge >= 0.3 is 6.18 Å². The Hall–Kier alpha value is -3.33. The molecule has 1 heterocycles. The number of benzene rings is 3. The van der Waals surface area contributed by atoms with E-state index in [2.05, 4.69) is 4.72 Å². The first-order valence-electron chi connectivity index (χ1n) is 9.81. The number of rotatable bonds is 5. The number of hydrogen-bond donors (Lipinski definition) is 1. The molecule has 0 bridgehead atoms. The van der Waals surface area contributed by atoms with E-state index >= 15 is 0 Å². The molecule has 0 spiro atoms. The number of nitrogens with one attached hydrogen (secondary N) is 1. The Balaban J connectivity index is 1.45. The van der Waals surface area contributed by atoms with E-state index in [1.54, 1.807) is 17.0 Å². The highest BCUT2D eigenvalue weighted by Crippen LogP contribution is 2.31. The van der Waals surface area contributed by atoms with Crippen molar-refractivity contribution in [2.75, 3.05) is 16.2 Å². The van der Waals surface area contributed by atoms with Gasteiger partial charge in [-0.15, -0.1) is 0 Å². The van der Waals surface area contributed by atoms with Crippen LogP contribution in [0.4, 0.5) is 24.5 Å². The normalized spacial score (nSPS) is 13.7. The van der Waals surface area contributed by atoms with Gasteiger partial charge in [0, 0.05) is 17.9 Å². The monoisotopic (exact) mass is 460 g/mol. The quantitative estimate of drug-likeness (QED) is 0.603. The SMILES string of the molecule is O=C(Cc1ccc(NS(=O)(=O)c2cccc(C(F)(F)F)c2)cc1)N1CCc2ccccc21. The van der Waals surface area contributed by atoms with Crippen molar-refractivity contribution in [3.8, 4) is 0 Å². The zero-order valence-corrected chi connectivity index (χ0v) is 17.6. The molecule has 0 aliphatic carbocycles. The van der Waals surface area contributed by atoms with Crippen LogP contribution < -0.4 is 9.62 Å². The van der Waals surface area contributed by atoms with Gasteiger partial charge in [-0.3, -0.25) is 9.52 Å². The Morgan fingerprint density at radius 1 is 0.969 bits per heavy atom. The maximum absolute atomic E-state index is 12.9. The lowest BCUT2D eigenvalue weighted by molar-refractivity contribution is -0.137. The minimum absolute atomic E-state index is 0.0627. The average Bonchev–Trinajstić information content (AvgIpc) is 3.19. The van der Waals surface area contributed by atoms with E-state index in [1.807, 2.05) is 24.3 Å². The van der Waals surface area contributed by atoms with Crippen LogP contribution in [-0.2, 0) is 33.8 Å². The molecule has 0 saturated heterocycles. The summed E-state index contributed by atoms with van der Waals surface area (Å²) in [4.78, 5) is 14.0. The summed E-state index contributed by atoms with van der Waals surface area (Å²) in [5.74, 6) is -0.0627. The maximum atomic E-state index is 12.9. The Bertz CT molecular complexity index is 1260. The Kier molecular flexibility index (Phi) is 5.68. The molecule has 32 heavy (non-hydrogen) atoms. The number of hydrogen-bond acceptors (Lipinski definition) is 3. The van der Waals surface area contributed by atoms with Crippen LogP contribution in [0, 0.1) is 0 Å². The Morgan fingerprint density at radius 3 is 2.41 bits per heavy atom. The Morgan fingerprint density at radius 2 is 1.69 bits per heavy atom. The number of alkyl halides is 3. The second-order valence-corrected chi connectivity index (χ2v) is 9.11. The van der Waals surface area contributed by atoms with E-state index in [4.69, 9.17) is 0 Å². The number of halogens is 3. The summed E-state index contributed by atoms with van der Waals surface area (Å²) < 4.78 is 65.9. The van der Waals surface area contributed by atoms with Gasteiger partial charge in [0.2, 0.25) is 5.91 Å². The van der Waals surface area contributed by atoms with Crippen LogP contribution in [0.15, 0.2) is 77.7 Å². The predicted octanol–water partition coefficient (Wildman–Crippen LogP) is 4.64. The number of para-hydroxylation sites is 1. The van der Waals surface area contributed by atoms with Gasteiger partial charge in [0.05, 0.1) is 16.9 Å². The van der Waals surface area contributed by atoms with Gasteiger partial charge in [0.25, 0.3) is 10.0 Å². The lowest BCUT2D eigenvalue weighted by Gasteiger charge is -2.17. The molecular weight excluding hydrogens is 441 g/mol. The van der Waals surface area contributed by atoms with E-state index in [1.165, 1.54) is 12.1 Å².